The first-order valence-corrected chi connectivity index (χ1v) is 8.46. The number of likely N-dealkylation sites (N-methyl/N-ethyl adjacent to an activating group) is 1. The van der Waals surface area contributed by atoms with Crippen molar-refractivity contribution in [3.63, 3.8) is 0 Å². The first-order chi connectivity index (χ1) is 12.6. The van der Waals surface area contributed by atoms with Crippen LogP contribution in [-0.4, -0.2) is 29.8 Å². The van der Waals surface area contributed by atoms with Gasteiger partial charge in [0.05, 0.1) is 11.3 Å². The second-order valence-electron chi connectivity index (χ2n) is 6.21. The van der Waals surface area contributed by atoms with Crippen LogP contribution in [-0.2, 0) is 11.0 Å². The van der Waals surface area contributed by atoms with Gasteiger partial charge in [-0.1, -0.05) is 18.2 Å². The third-order valence-electron chi connectivity index (χ3n) is 4.26. The Bertz CT molecular complexity index is 847. The zero-order chi connectivity index (χ0) is 20.2. The molecule has 0 aliphatic rings. The number of halogens is 3. The minimum absolute atomic E-state index is 0.250. The summed E-state index contributed by atoms with van der Waals surface area (Å²) in [6.45, 7) is 5.42. The third-order valence-corrected chi connectivity index (χ3v) is 4.26. The van der Waals surface area contributed by atoms with Crippen LogP contribution in [0.5, 0.6) is 0 Å². The highest BCUT2D eigenvalue weighted by atomic mass is 19.4. The summed E-state index contributed by atoms with van der Waals surface area (Å²) < 4.78 is 39.1. The van der Waals surface area contributed by atoms with E-state index >= 15 is 0 Å². The lowest BCUT2D eigenvalue weighted by Gasteiger charge is -2.21. The molecule has 2 aromatic carbocycles. The van der Waals surface area contributed by atoms with E-state index in [0.717, 1.165) is 17.2 Å². The van der Waals surface area contributed by atoms with E-state index in [1.54, 1.807) is 19.1 Å². The fourth-order valence-electron chi connectivity index (χ4n) is 2.59. The lowest BCUT2D eigenvalue weighted by Crippen LogP contribution is -2.38. The maximum Gasteiger partial charge on any atom is 0.418 e. The van der Waals surface area contributed by atoms with Crippen LogP contribution in [0.2, 0.25) is 0 Å². The van der Waals surface area contributed by atoms with E-state index in [0.29, 0.717) is 5.56 Å². The van der Waals surface area contributed by atoms with Gasteiger partial charge in [-0.25, -0.2) is 0 Å². The van der Waals surface area contributed by atoms with Gasteiger partial charge in [-0.2, -0.15) is 13.2 Å². The smallest absolute Gasteiger partial charge is 0.330 e. The molecule has 0 aliphatic heterocycles. The topological polar surface area (TPSA) is 49.4 Å². The first kappa shape index (κ1) is 20.5. The highest BCUT2D eigenvalue weighted by Crippen LogP contribution is 2.34. The molecule has 0 spiro atoms. The molecule has 144 valence electrons. The van der Waals surface area contributed by atoms with Gasteiger partial charge in [-0.05, 0) is 56.2 Å². The van der Waals surface area contributed by atoms with Crippen molar-refractivity contribution in [1.29, 1.82) is 0 Å². The van der Waals surface area contributed by atoms with Crippen LogP contribution in [0, 0.1) is 13.8 Å². The van der Waals surface area contributed by atoms with Crippen molar-refractivity contribution in [2.45, 2.75) is 26.9 Å². The lowest BCUT2D eigenvalue weighted by molar-refractivity contribution is -0.137. The van der Waals surface area contributed by atoms with Crippen LogP contribution >= 0.6 is 0 Å². The summed E-state index contributed by atoms with van der Waals surface area (Å²) >= 11 is 0. The second kappa shape index (κ2) is 8.24. The van der Waals surface area contributed by atoms with Crippen molar-refractivity contribution < 1.29 is 22.8 Å². The van der Waals surface area contributed by atoms with E-state index in [1.165, 1.54) is 23.1 Å². The average Bonchev–Trinajstić information content (AvgIpc) is 2.61. The van der Waals surface area contributed by atoms with E-state index in [-0.39, 0.29) is 24.7 Å². The highest BCUT2D eigenvalue weighted by molar-refractivity contribution is 5.99. The first-order valence-electron chi connectivity index (χ1n) is 8.46. The van der Waals surface area contributed by atoms with Crippen LogP contribution in [0.3, 0.4) is 0 Å². The number of aryl methyl sites for hydroxylation is 2. The fourth-order valence-corrected chi connectivity index (χ4v) is 2.59. The Balaban J connectivity index is 2.14. The number of para-hydroxylation sites is 1. The summed E-state index contributed by atoms with van der Waals surface area (Å²) in [5.74, 6) is -1.04. The SMILES string of the molecule is CCN(CC(=O)Nc1ccccc1C(F)(F)F)C(=O)c1ccc(C)c(C)c1. The third kappa shape index (κ3) is 5.09. The van der Waals surface area contributed by atoms with Crippen molar-refractivity contribution in [1.82, 2.24) is 4.90 Å². The molecule has 27 heavy (non-hydrogen) atoms. The Morgan fingerprint density at radius 2 is 1.70 bits per heavy atom. The molecule has 4 nitrogen and oxygen atoms in total. The zero-order valence-corrected chi connectivity index (χ0v) is 15.4. The normalized spacial score (nSPS) is 11.2. The van der Waals surface area contributed by atoms with Crippen molar-refractivity contribution in [2.75, 3.05) is 18.4 Å². The Morgan fingerprint density at radius 1 is 1.04 bits per heavy atom. The molecule has 0 saturated carbocycles. The largest absolute Gasteiger partial charge is 0.418 e. The fraction of sp³-hybridized carbons (Fsp3) is 0.300. The number of amides is 2. The van der Waals surface area contributed by atoms with Crippen LogP contribution < -0.4 is 5.32 Å². The Morgan fingerprint density at radius 3 is 2.30 bits per heavy atom. The number of carbonyl (C=O) groups excluding carboxylic acids is 2. The highest BCUT2D eigenvalue weighted by Gasteiger charge is 2.33. The molecule has 0 fully saturated rings. The van der Waals surface area contributed by atoms with Gasteiger partial charge >= 0.3 is 6.18 Å². The molecular weight excluding hydrogens is 357 g/mol. The van der Waals surface area contributed by atoms with E-state index in [1.807, 2.05) is 19.9 Å². The van der Waals surface area contributed by atoms with Gasteiger partial charge in [0.15, 0.2) is 0 Å². The van der Waals surface area contributed by atoms with Gasteiger partial charge in [-0.15, -0.1) is 0 Å². The van der Waals surface area contributed by atoms with Crippen molar-refractivity contribution in [3.05, 3.63) is 64.7 Å². The van der Waals surface area contributed by atoms with E-state index in [2.05, 4.69) is 5.32 Å². The number of alkyl halides is 3. The van der Waals surface area contributed by atoms with Gasteiger partial charge in [0.1, 0.15) is 6.54 Å². The Labute approximate surface area is 156 Å². The van der Waals surface area contributed by atoms with Gasteiger partial charge in [0.25, 0.3) is 5.91 Å². The molecule has 2 rings (SSSR count). The molecule has 0 heterocycles. The monoisotopic (exact) mass is 378 g/mol. The predicted octanol–water partition coefficient (Wildman–Crippen LogP) is 4.42. The number of hydrogen-bond donors (Lipinski definition) is 1. The summed E-state index contributed by atoms with van der Waals surface area (Å²) in [4.78, 5) is 26.2. The number of carbonyl (C=O) groups is 2. The molecular formula is C20H21F3N2O2. The number of benzene rings is 2. The summed E-state index contributed by atoms with van der Waals surface area (Å²) in [6.07, 6.45) is -4.58. The number of anilines is 1. The summed E-state index contributed by atoms with van der Waals surface area (Å²) in [5.41, 5.74) is 1.16. The summed E-state index contributed by atoms with van der Waals surface area (Å²) in [5, 5.41) is 2.26. The van der Waals surface area contributed by atoms with E-state index in [4.69, 9.17) is 0 Å². The molecule has 1 N–H and O–H groups in total. The minimum Gasteiger partial charge on any atom is -0.330 e. The molecule has 0 atom stereocenters. The number of hydrogen-bond acceptors (Lipinski definition) is 2. The standard InChI is InChI=1S/C20H21F3N2O2/c1-4-25(19(27)15-10-9-13(2)14(3)11-15)12-18(26)24-17-8-6-5-7-16(17)20(21,22)23/h5-11H,4,12H2,1-3H3,(H,24,26). The average molecular weight is 378 g/mol. The molecule has 0 unspecified atom stereocenters. The number of nitrogens with one attached hydrogen (secondary N) is 1. The summed E-state index contributed by atoms with van der Waals surface area (Å²) in [6, 6.07) is 9.95. The van der Waals surface area contributed by atoms with E-state index in [9.17, 15) is 22.8 Å². The number of rotatable bonds is 5. The molecule has 2 aromatic rings. The molecule has 2 amide bonds. The van der Waals surface area contributed by atoms with Crippen molar-refractivity contribution in [3.8, 4) is 0 Å². The molecule has 0 bridgehead atoms. The van der Waals surface area contributed by atoms with Crippen LogP contribution in [0.4, 0.5) is 18.9 Å². The quantitative estimate of drug-likeness (QED) is 0.837. The van der Waals surface area contributed by atoms with Crippen molar-refractivity contribution >= 4 is 17.5 Å². The molecule has 7 heteroatoms. The number of nitrogens with zero attached hydrogens (tertiary/aromatic N) is 1. The van der Waals surface area contributed by atoms with E-state index < -0.39 is 17.6 Å². The lowest BCUT2D eigenvalue weighted by atomic mass is 10.1. The maximum absolute atomic E-state index is 13.0. The summed E-state index contributed by atoms with van der Waals surface area (Å²) in [7, 11) is 0. The predicted molar refractivity (Wildman–Crippen MR) is 97.6 cm³/mol. The Kier molecular flexibility index (Phi) is 6.25. The van der Waals surface area contributed by atoms with Crippen LogP contribution in [0.15, 0.2) is 42.5 Å². The molecule has 0 saturated heterocycles. The molecule has 0 aromatic heterocycles. The van der Waals surface area contributed by atoms with Gasteiger partial charge in [0, 0.05) is 12.1 Å². The van der Waals surface area contributed by atoms with Crippen LogP contribution in [0.25, 0.3) is 0 Å². The van der Waals surface area contributed by atoms with Gasteiger partial charge in [0.2, 0.25) is 5.91 Å². The molecule has 0 aliphatic carbocycles. The van der Waals surface area contributed by atoms with Crippen LogP contribution in [0.1, 0.15) is 34.0 Å². The zero-order valence-electron chi connectivity index (χ0n) is 15.4. The van der Waals surface area contributed by atoms with Gasteiger partial charge < -0.3 is 10.2 Å². The minimum atomic E-state index is -4.58. The Hall–Kier alpha value is -2.83. The second-order valence-corrected chi connectivity index (χ2v) is 6.21. The molecule has 0 radical (unpaired) electrons. The maximum atomic E-state index is 13.0. The van der Waals surface area contributed by atoms with Crippen molar-refractivity contribution in [2.24, 2.45) is 0 Å². The van der Waals surface area contributed by atoms with Gasteiger partial charge in [-0.3, -0.25) is 9.59 Å².